The lowest BCUT2D eigenvalue weighted by Crippen LogP contribution is -2.14. The van der Waals surface area contributed by atoms with E-state index in [0.29, 0.717) is 16.9 Å². The fraction of sp³-hybridized carbons (Fsp3) is 0. The Morgan fingerprint density at radius 3 is 2.18 bits per heavy atom. The topological polar surface area (TPSA) is 131 Å². The summed E-state index contributed by atoms with van der Waals surface area (Å²) < 4.78 is 24.5. The van der Waals surface area contributed by atoms with Crippen molar-refractivity contribution in [3.63, 3.8) is 0 Å². The van der Waals surface area contributed by atoms with Crippen molar-refractivity contribution in [2.75, 3.05) is 5.32 Å². The van der Waals surface area contributed by atoms with Crippen LogP contribution in [0.5, 0.6) is 0 Å². The molecule has 1 aromatic heterocycles. The molecule has 3 aromatic carbocycles. The zero-order valence-electron chi connectivity index (χ0n) is 17.8. The highest BCUT2D eigenvalue weighted by atomic mass is 32.2. The van der Waals surface area contributed by atoms with Gasteiger partial charge in [0.2, 0.25) is 10.0 Å². The summed E-state index contributed by atoms with van der Waals surface area (Å²) in [4.78, 5) is 12.7. The lowest BCUT2D eigenvalue weighted by Gasteiger charge is -2.05. The molecule has 0 aliphatic carbocycles. The van der Waals surface area contributed by atoms with Crippen molar-refractivity contribution in [1.82, 2.24) is 9.78 Å². The van der Waals surface area contributed by atoms with Crippen LogP contribution in [0.2, 0.25) is 0 Å². The molecule has 0 aliphatic heterocycles. The maximum Gasteiger partial charge on any atom is 0.266 e. The first-order valence-electron chi connectivity index (χ1n) is 10.1. The number of nitrogens with two attached hydrogens (primary N) is 1. The lowest BCUT2D eigenvalue weighted by molar-refractivity contribution is -0.112. The minimum Gasteiger partial charge on any atom is -0.321 e. The molecule has 4 rings (SSSR count). The van der Waals surface area contributed by atoms with Gasteiger partial charge in [0.05, 0.1) is 16.3 Å². The Hall–Kier alpha value is -4.52. The second-order valence-corrected chi connectivity index (χ2v) is 8.83. The van der Waals surface area contributed by atoms with E-state index in [0.717, 1.165) is 11.3 Å². The summed E-state index contributed by atoms with van der Waals surface area (Å²) in [6.07, 6.45) is 3.23. The third kappa shape index (κ3) is 5.10. The molecule has 1 heterocycles. The fourth-order valence-electron chi connectivity index (χ4n) is 3.26. The molecule has 34 heavy (non-hydrogen) atoms. The third-order valence-corrected chi connectivity index (χ3v) is 5.85. The number of carbonyl (C=O) groups excluding carboxylic acids is 1. The highest BCUT2D eigenvalue weighted by Gasteiger charge is 2.16. The predicted molar refractivity (Wildman–Crippen MR) is 129 cm³/mol. The number of carbonyl (C=O) groups is 1. The number of para-hydroxylation sites is 1. The average Bonchev–Trinajstić information content (AvgIpc) is 3.27. The summed E-state index contributed by atoms with van der Waals surface area (Å²) in [5.41, 5.74) is 3.05. The van der Waals surface area contributed by atoms with Crippen molar-refractivity contribution < 1.29 is 13.2 Å². The van der Waals surface area contributed by atoms with E-state index in [-0.39, 0.29) is 10.5 Å². The van der Waals surface area contributed by atoms with E-state index >= 15 is 0 Å². The van der Waals surface area contributed by atoms with Gasteiger partial charge in [0.1, 0.15) is 11.6 Å². The van der Waals surface area contributed by atoms with Crippen LogP contribution in [0.15, 0.2) is 102 Å². The highest BCUT2D eigenvalue weighted by molar-refractivity contribution is 7.89. The Morgan fingerprint density at radius 2 is 1.59 bits per heavy atom. The molecule has 0 saturated heterocycles. The number of nitrogens with zero attached hydrogens (tertiary/aromatic N) is 3. The van der Waals surface area contributed by atoms with Crippen LogP contribution >= 0.6 is 0 Å². The fourth-order valence-corrected chi connectivity index (χ4v) is 3.77. The van der Waals surface area contributed by atoms with Gasteiger partial charge in [-0.25, -0.2) is 18.2 Å². The van der Waals surface area contributed by atoms with E-state index in [1.165, 1.54) is 30.3 Å². The normalized spacial score (nSPS) is 11.6. The standard InChI is InChI=1S/C25H19N5O3S/c26-16-19(25(31)28-21-11-13-23(14-12-21)34(27,32)33)15-20-17-30(22-9-5-2-6-10-22)29-24(20)18-7-3-1-4-8-18/h1-15,17H,(H,28,31)(H2,27,32,33). The number of benzene rings is 3. The van der Waals surface area contributed by atoms with Gasteiger partial charge in [0.25, 0.3) is 5.91 Å². The number of amides is 1. The maximum absolute atomic E-state index is 12.8. The Bertz CT molecular complexity index is 1500. The van der Waals surface area contributed by atoms with E-state index in [1.54, 1.807) is 10.9 Å². The molecule has 0 unspecified atom stereocenters. The van der Waals surface area contributed by atoms with Gasteiger partial charge in [0, 0.05) is 23.0 Å². The van der Waals surface area contributed by atoms with Crippen LogP contribution in [0, 0.1) is 11.3 Å². The molecular formula is C25H19N5O3S. The van der Waals surface area contributed by atoms with Gasteiger partial charge < -0.3 is 5.32 Å². The molecule has 1 amide bonds. The van der Waals surface area contributed by atoms with Crippen LogP contribution in [0.3, 0.4) is 0 Å². The molecule has 0 bridgehead atoms. The zero-order valence-corrected chi connectivity index (χ0v) is 18.6. The van der Waals surface area contributed by atoms with Crippen molar-refractivity contribution >= 4 is 27.7 Å². The number of aromatic nitrogens is 2. The number of hydrogen-bond acceptors (Lipinski definition) is 5. The van der Waals surface area contributed by atoms with Gasteiger partial charge in [-0.2, -0.15) is 10.4 Å². The van der Waals surface area contributed by atoms with Crippen molar-refractivity contribution in [2.45, 2.75) is 4.90 Å². The Labute approximate surface area is 196 Å². The summed E-state index contributed by atoms with van der Waals surface area (Å²) in [7, 11) is -3.85. The molecule has 0 saturated carbocycles. The zero-order chi connectivity index (χ0) is 24.1. The van der Waals surface area contributed by atoms with Crippen LogP contribution in [-0.2, 0) is 14.8 Å². The van der Waals surface area contributed by atoms with Crippen molar-refractivity contribution in [2.24, 2.45) is 5.14 Å². The predicted octanol–water partition coefficient (Wildman–Crippen LogP) is 3.73. The van der Waals surface area contributed by atoms with Gasteiger partial charge >= 0.3 is 0 Å². The monoisotopic (exact) mass is 469 g/mol. The van der Waals surface area contributed by atoms with Gasteiger partial charge in [0.15, 0.2) is 0 Å². The van der Waals surface area contributed by atoms with Crippen molar-refractivity contribution in [3.05, 3.63) is 102 Å². The summed E-state index contributed by atoms with van der Waals surface area (Å²) >= 11 is 0. The van der Waals surface area contributed by atoms with Crippen LogP contribution in [0.4, 0.5) is 5.69 Å². The van der Waals surface area contributed by atoms with E-state index in [4.69, 9.17) is 5.14 Å². The highest BCUT2D eigenvalue weighted by Crippen LogP contribution is 2.26. The SMILES string of the molecule is N#CC(=Cc1cn(-c2ccccc2)nc1-c1ccccc1)C(=O)Nc1ccc(S(N)(=O)=O)cc1. The number of nitrogens with one attached hydrogen (secondary N) is 1. The molecule has 0 atom stereocenters. The molecule has 0 fully saturated rings. The number of rotatable bonds is 6. The smallest absolute Gasteiger partial charge is 0.266 e. The second kappa shape index (κ2) is 9.54. The lowest BCUT2D eigenvalue weighted by atomic mass is 10.1. The molecule has 4 aromatic rings. The first-order valence-corrected chi connectivity index (χ1v) is 11.7. The average molecular weight is 470 g/mol. The summed E-state index contributed by atoms with van der Waals surface area (Å²) in [6.45, 7) is 0. The first kappa shape index (κ1) is 22.7. The molecular weight excluding hydrogens is 450 g/mol. The van der Waals surface area contributed by atoms with Crippen LogP contribution in [-0.4, -0.2) is 24.1 Å². The molecule has 0 radical (unpaired) electrons. The summed E-state index contributed by atoms with van der Waals surface area (Å²) in [5, 5.41) is 22.0. The van der Waals surface area contributed by atoms with Gasteiger partial charge in [-0.3, -0.25) is 4.79 Å². The van der Waals surface area contributed by atoms with Crippen LogP contribution < -0.4 is 10.5 Å². The number of primary sulfonamides is 1. The second-order valence-electron chi connectivity index (χ2n) is 7.27. The van der Waals surface area contributed by atoms with E-state index in [9.17, 15) is 18.5 Å². The number of nitriles is 1. The van der Waals surface area contributed by atoms with Gasteiger partial charge in [-0.05, 0) is 42.5 Å². The van der Waals surface area contributed by atoms with Gasteiger partial charge in [-0.1, -0.05) is 48.5 Å². The molecule has 3 N–H and O–H groups in total. The first-order chi connectivity index (χ1) is 16.3. The summed E-state index contributed by atoms with van der Waals surface area (Å²) in [6, 6.07) is 26.2. The minimum absolute atomic E-state index is 0.0811. The Morgan fingerprint density at radius 1 is 0.971 bits per heavy atom. The third-order valence-electron chi connectivity index (χ3n) is 4.92. The molecule has 8 nitrogen and oxygen atoms in total. The number of anilines is 1. The van der Waals surface area contributed by atoms with Gasteiger partial charge in [-0.15, -0.1) is 0 Å². The van der Waals surface area contributed by atoms with E-state index in [2.05, 4.69) is 10.4 Å². The minimum atomic E-state index is -3.85. The largest absolute Gasteiger partial charge is 0.321 e. The Balaban J connectivity index is 1.69. The Kier molecular flexibility index (Phi) is 6.36. The van der Waals surface area contributed by atoms with Crippen LogP contribution in [0.1, 0.15) is 5.56 Å². The number of sulfonamides is 1. The molecule has 0 spiro atoms. The quantitative estimate of drug-likeness (QED) is 0.328. The van der Waals surface area contributed by atoms with E-state index < -0.39 is 15.9 Å². The van der Waals surface area contributed by atoms with Crippen LogP contribution in [0.25, 0.3) is 23.0 Å². The van der Waals surface area contributed by atoms with E-state index in [1.807, 2.05) is 66.7 Å². The molecule has 0 aliphatic rings. The summed E-state index contributed by atoms with van der Waals surface area (Å²) in [5.74, 6) is -0.641. The van der Waals surface area contributed by atoms with Crippen molar-refractivity contribution in [1.29, 1.82) is 5.26 Å². The molecule has 9 heteroatoms. The maximum atomic E-state index is 12.8. The van der Waals surface area contributed by atoms with Crippen molar-refractivity contribution in [3.8, 4) is 23.0 Å². The molecule has 168 valence electrons. The number of hydrogen-bond donors (Lipinski definition) is 2.